The molecule has 0 aromatic heterocycles. The summed E-state index contributed by atoms with van der Waals surface area (Å²) in [7, 11) is 0. The molecule has 0 bridgehead atoms. The van der Waals surface area contributed by atoms with Gasteiger partial charge in [-0.25, -0.2) is 4.39 Å². The Morgan fingerprint density at radius 1 is 0.900 bits per heavy atom. The molecule has 0 saturated heterocycles. The smallest absolute Gasteiger partial charge is 0.124 e. The van der Waals surface area contributed by atoms with Gasteiger partial charge in [0.1, 0.15) is 5.82 Å². The van der Waals surface area contributed by atoms with Gasteiger partial charge in [-0.2, -0.15) is 0 Å². The fraction of sp³-hybridized carbons (Fsp3) is 0.0588. The molecule has 0 fully saturated rings. The van der Waals surface area contributed by atoms with Crippen LogP contribution in [-0.4, -0.2) is 0 Å². The number of hydrogen-bond acceptors (Lipinski definition) is 1. The first-order valence-electron chi connectivity index (χ1n) is 6.34. The van der Waals surface area contributed by atoms with Crippen LogP contribution in [0.1, 0.15) is 17.2 Å². The molecule has 0 aliphatic heterocycles. The minimum absolute atomic E-state index is 0.352. The molecular weight excluding hydrogens is 273 g/mol. The third-order valence-corrected chi connectivity index (χ3v) is 3.76. The molecule has 0 saturated carbocycles. The Balaban J connectivity index is 2.05. The molecule has 20 heavy (non-hydrogen) atoms. The third kappa shape index (κ3) is 2.40. The van der Waals surface area contributed by atoms with E-state index in [2.05, 4.69) is 6.07 Å². The molecule has 2 N–H and O–H groups in total. The van der Waals surface area contributed by atoms with Gasteiger partial charge in [-0.05, 0) is 40.1 Å². The number of nitrogens with two attached hydrogens (primary N) is 1. The highest BCUT2D eigenvalue weighted by Gasteiger charge is 2.13. The van der Waals surface area contributed by atoms with Crippen LogP contribution in [0.25, 0.3) is 10.8 Å². The van der Waals surface area contributed by atoms with Crippen LogP contribution in [0.4, 0.5) is 4.39 Å². The van der Waals surface area contributed by atoms with Gasteiger partial charge in [0.2, 0.25) is 0 Å². The standard InChI is InChI=1S/C17H13ClFN/c18-16-10-14(19)7-8-15(16)17(20)13-6-5-11-3-1-2-4-12(11)9-13/h1-10,17H,20H2. The normalized spacial score (nSPS) is 12.6. The van der Waals surface area contributed by atoms with Crippen molar-refractivity contribution in [3.05, 3.63) is 82.6 Å². The lowest BCUT2D eigenvalue weighted by atomic mass is 9.97. The molecule has 3 aromatic carbocycles. The average molecular weight is 286 g/mol. The highest BCUT2D eigenvalue weighted by atomic mass is 35.5. The van der Waals surface area contributed by atoms with Gasteiger partial charge in [-0.1, -0.05) is 54.1 Å². The van der Waals surface area contributed by atoms with Crippen LogP contribution in [-0.2, 0) is 0 Å². The van der Waals surface area contributed by atoms with Crippen molar-refractivity contribution in [2.75, 3.05) is 0 Å². The summed E-state index contributed by atoms with van der Waals surface area (Å²) in [6, 6.07) is 18.1. The van der Waals surface area contributed by atoms with Gasteiger partial charge < -0.3 is 5.73 Å². The first kappa shape index (κ1) is 13.1. The van der Waals surface area contributed by atoms with Crippen molar-refractivity contribution >= 4 is 22.4 Å². The predicted molar refractivity (Wildman–Crippen MR) is 81.4 cm³/mol. The number of benzene rings is 3. The Kier molecular flexibility index (Phi) is 3.43. The molecule has 0 spiro atoms. The van der Waals surface area contributed by atoms with E-state index < -0.39 is 0 Å². The summed E-state index contributed by atoms with van der Waals surface area (Å²) in [5.41, 5.74) is 7.93. The van der Waals surface area contributed by atoms with E-state index in [4.69, 9.17) is 17.3 Å². The SMILES string of the molecule is NC(c1ccc2ccccc2c1)c1ccc(F)cc1Cl. The highest BCUT2D eigenvalue weighted by Crippen LogP contribution is 2.28. The van der Waals surface area contributed by atoms with Crippen molar-refractivity contribution in [2.45, 2.75) is 6.04 Å². The second kappa shape index (κ2) is 5.23. The second-order valence-electron chi connectivity index (χ2n) is 4.75. The molecule has 1 nitrogen and oxygen atoms in total. The topological polar surface area (TPSA) is 26.0 Å². The molecule has 0 heterocycles. The molecule has 3 heteroatoms. The lowest BCUT2D eigenvalue weighted by molar-refractivity contribution is 0.626. The third-order valence-electron chi connectivity index (χ3n) is 3.43. The molecule has 0 amide bonds. The van der Waals surface area contributed by atoms with E-state index in [-0.39, 0.29) is 11.9 Å². The van der Waals surface area contributed by atoms with Crippen LogP contribution in [0.5, 0.6) is 0 Å². The van der Waals surface area contributed by atoms with Crippen LogP contribution in [0.3, 0.4) is 0 Å². The van der Waals surface area contributed by atoms with Crippen LogP contribution >= 0.6 is 11.6 Å². The summed E-state index contributed by atoms with van der Waals surface area (Å²) in [4.78, 5) is 0. The van der Waals surface area contributed by atoms with E-state index in [1.54, 1.807) is 6.07 Å². The Hall–Kier alpha value is -1.90. The van der Waals surface area contributed by atoms with E-state index in [0.717, 1.165) is 21.9 Å². The van der Waals surface area contributed by atoms with E-state index in [1.807, 2.05) is 36.4 Å². The molecule has 1 atom stereocenters. The maximum atomic E-state index is 13.1. The molecule has 1 unspecified atom stereocenters. The van der Waals surface area contributed by atoms with Crippen molar-refractivity contribution in [3.63, 3.8) is 0 Å². The molecule has 0 aliphatic carbocycles. The van der Waals surface area contributed by atoms with E-state index in [1.165, 1.54) is 12.1 Å². The monoisotopic (exact) mass is 285 g/mol. The Bertz CT molecular complexity index is 770. The quantitative estimate of drug-likeness (QED) is 0.727. The number of hydrogen-bond donors (Lipinski definition) is 1. The fourth-order valence-electron chi connectivity index (χ4n) is 2.33. The van der Waals surface area contributed by atoms with Crippen molar-refractivity contribution in [2.24, 2.45) is 5.73 Å². The van der Waals surface area contributed by atoms with Crippen LogP contribution in [0.2, 0.25) is 5.02 Å². The zero-order valence-electron chi connectivity index (χ0n) is 10.7. The van der Waals surface area contributed by atoms with Crippen LogP contribution in [0.15, 0.2) is 60.7 Å². The van der Waals surface area contributed by atoms with Gasteiger partial charge in [0.25, 0.3) is 0 Å². The first-order chi connectivity index (χ1) is 9.65. The maximum absolute atomic E-state index is 13.1. The molecular formula is C17H13ClFN. The summed E-state index contributed by atoms with van der Waals surface area (Å²) in [5.74, 6) is -0.357. The summed E-state index contributed by atoms with van der Waals surface area (Å²) < 4.78 is 13.1. The maximum Gasteiger partial charge on any atom is 0.124 e. The van der Waals surface area contributed by atoms with Crippen molar-refractivity contribution in [1.82, 2.24) is 0 Å². The van der Waals surface area contributed by atoms with Crippen molar-refractivity contribution in [1.29, 1.82) is 0 Å². The number of rotatable bonds is 2. The summed E-state index contributed by atoms with van der Waals surface area (Å²) in [5, 5.41) is 2.64. The fourth-order valence-corrected chi connectivity index (χ4v) is 2.62. The first-order valence-corrected chi connectivity index (χ1v) is 6.72. The highest BCUT2D eigenvalue weighted by molar-refractivity contribution is 6.31. The molecule has 0 radical (unpaired) electrons. The molecule has 3 rings (SSSR count). The average Bonchev–Trinajstić information content (AvgIpc) is 2.46. The summed E-state index contributed by atoms with van der Waals surface area (Å²) in [6.07, 6.45) is 0. The van der Waals surface area contributed by atoms with Crippen LogP contribution < -0.4 is 5.73 Å². The number of halogens is 2. The second-order valence-corrected chi connectivity index (χ2v) is 5.16. The van der Waals surface area contributed by atoms with Crippen molar-refractivity contribution in [3.8, 4) is 0 Å². The largest absolute Gasteiger partial charge is 0.320 e. The van der Waals surface area contributed by atoms with Gasteiger partial charge in [0, 0.05) is 5.02 Å². The Morgan fingerprint density at radius 2 is 1.65 bits per heavy atom. The van der Waals surface area contributed by atoms with Gasteiger partial charge in [-0.3, -0.25) is 0 Å². The number of fused-ring (bicyclic) bond motifs is 1. The van der Waals surface area contributed by atoms with Gasteiger partial charge >= 0.3 is 0 Å². The Labute approximate surface area is 121 Å². The molecule has 0 aliphatic rings. The van der Waals surface area contributed by atoms with E-state index >= 15 is 0 Å². The summed E-state index contributed by atoms with van der Waals surface area (Å²) >= 11 is 6.07. The van der Waals surface area contributed by atoms with E-state index in [9.17, 15) is 4.39 Å². The Morgan fingerprint density at radius 3 is 2.40 bits per heavy atom. The minimum atomic E-state index is -0.368. The van der Waals surface area contributed by atoms with Crippen LogP contribution in [0, 0.1) is 5.82 Å². The molecule has 100 valence electrons. The predicted octanol–water partition coefficient (Wildman–Crippen LogP) is 4.68. The minimum Gasteiger partial charge on any atom is -0.320 e. The lowest BCUT2D eigenvalue weighted by Crippen LogP contribution is -2.12. The lowest BCUT2D eigenvalue weighted by Gasteiger charge is -2.15. The van der Waals surface area contributed by atoms with E-state index in [0.29, 0.717) is 5.02 Å². The van der Waals surface area contributed by atoms with Gasteiger partial charge in [-0.15, -0.1) is 0 Å². The van der Waals surface area contributed by atoms with Gasteiger partial charge in [0.15, 0.2) is 0 Å². The van der Waals surface area contributed by atoms with Gasteiger partial charge in [0.05, 0.1) is 6.04 Å². The zero-order chi connectivity index (χ0) is 14.1. The summed E-state index contributed by atoms with van der Waals surface area (Å²) in [6.45, 7) is 0. The zero-order valence-corrected chi connectivity index (χ0v) is 11.4. The van der Waals surface area contributed by atoms with Crippen molar-refractivity contribution < 1.29 is 4.39 Å². The molecule has 3 aromatic rings.